The molecule has 14 unspecified atom stereocenters. The van der Waals surface area contributed by atoms with E-state index in [2.05, 4.69) is 178 Å². The zero-order valence-corrected chi connectivity index (χ0v) is 54.9. The molecule has 0 spiro atoms. The van der Waals surface area contributed by atoms with E-state index in [1.165, 1.54) is 12.8 Å². The van der Waals surface area contributed by atoms with E-state index >= 15 is 0 Å². The summed E-state index contributed by atoms with van der Waals surface area (Å²) in [7, 11) is 0. The van der Waals surface area contributed by atoms with Gasteiger partial charge in [0.05, 0.1) is 119 Å². The van der Waals surface area contributed by atoms with Crippen LogP contribution in [0.1, 0.15) is 110 Å². The second-order valence-corrected chi connectivity index (χ2v) is 23.5. The second kappa shape index (κ2) is 58.9. The number of aliphatic hydroxyl groups is 1. The summed E-state index contributed by atoms with van der Waals surface area (Å²) in [5.74, 6) is 5.39. The van der Waals surface area contributed by atoms with Gasteiger partial charge in [0.2, 0.25) is 0 Å². The quantitative estimate of drug-likeness (QED) is 0.0468. The highest BCUT2D eigenvalue weighted by Crippen LogP contribution is 2.37. The van der Waals surface area contributed by atoms with Crippen LogP contribution in [0.5, 0.6) is 0 Å². The average molecular weight is 1200 g/mol. The van der Waals surface area contributed by atoms with Gasteiger partial charge in [0.25, 0.3) is 0 Å². The number of allylic oxidation sites excluding steroid dienone is 13. The Bertz CT molecular complexity index is 1740. The Balaban J connectivity index is 4.73. The van der Waals surface area contributed by atoms with Gasteiger partial charge in [-0.3, -0.25) is 0 Å². The standard InChI is InChI=1S/C76H128O10/c1-16-63(15)50-65(18-3)52-67(20-5)54-69(22-7)56-71(24-9)58-73(26-11)60-75(28-13)62-76(29-14)61-74(27-12)59-72(25-10)57-70(23-8)55-68(21-6)53-66(19-4)51-64(17-2)30-32-78-34-36-80-38-40-82-42-44-84-46-48-86-49-47-85-45-43-83-41-39-81-37-35-79-33-31-77/h17-29,63-77H,2-14,16,30-62H2,1,15H3. The lowest BCUT2D eigenvalue weighted by Crippen LogP contribution is -2.18. The maximum Gasteiger partial charge on any atom is 0.0701 e. The highest BCUT2D eigenvalue weighted by molar-refractivity contribution is 5.00. The van der Waals surface area contributed by atoms with E-state index < -0.39 is 0 Å². The highest BCUT2D eigenvalue weighted by Gasteiger charge is 2.26. The third-order valence-electron chi connectivity index (χ3n) is 16.8. The lowest BCUT2D eigenvalue weighted by Gasteiger charge is -2.29. The van der Waals surface area contributed by atoms with Crippen LogP contribution in [-0.2, 0) is 42.6 Å². The molecule has 86 heavy (non-hydrogen) atoms. The lowest BCUT2D eigenvalue weighted by atomic mass is 9.76. The van der Waals surface area contributed by atoms with Crippen molar-refractivity contribution in [1.82, 2.24) is 0 Å². The van der Waals surface area contributed by atoms with E-state index in [0.29, 0.717) is 202 Å². The van der Waals surface area contributed by atoms with Crippen molar-refractivity contribution < 1.29 is 47.7 Å². The highest BCUT2D eigenvalue weighted by atomic mass is 16.6. The van der Waals surface area contributed by atoms with Crippen LogP contribution >= 0.6 is 0 Å². The van der Waals surface area contributed by atoms with Crippen molar-refractivity contribution in [3.05, 3.63) is 165 Å². The van der Waals surface area contributed by atoms with Crippen LogP contribution in [0.4, 0.5) is 0 Å². The van der Waals surface area contributed by atoms with Gasteiger partial charge in [-0.15, -0.1) is 85.5 Å². The third-order valence-corrected chi connectivity index (χ3v) is 16.8. The largest absolute Gasteiger partial charge is 0.394 e. The van der Waals surface area contributed by atoms with Crippen molar-refractivity contribution in [2.24, 2.45) is 82.9 Å². The molecule has 0 aliphatic heterocycles. The first-order valence-corrected chi connectivity index (χ1v) is 32.9. The van der Waals surface area contributed by atoms with Gasteiger partial charge in [-0.25, -0.2) is 0 Å². The number of hydrogen-bond donors (Lipinski definition) is 1. The fraction of sp³-hybridized carbons (Fsp3) is 0.658. The smallest absolute Gasteiger partial charge is 0.0701 e. The lowest BCUT2D eigenvalue weighted by molar-refractivity contribution is -0.0256. The molecule has 0 aromatic rings. The average Bonchev–Trinajstić information content (AvgIpc) is 3.62. The predicted molar refractivity (Wildman–Crippen MR) is 366 cm³/mol. The van der Waals surface area contributed by atoms with Crippen molar-refractivity contribution in [3.8, 4) is 0 Å². The molecule has 0 radical (unpaired) electrons. The van der Waals surface area contributed by atoms with E-state index in [9.17, 15) is 0 Å². The van der Waals surface area contributed by atoms with Gasteiger partial charge in [0.1, 0.15) is 0 Å². The first kappa shape index (κ1) is 82.2. The second-order valence-electron chi connectivity index (χ2n) is 23.5. The molecule has 10 nitrogen and oxygen atoms in total. The number of rotatable bonds is 69. The molecule has 1 N–H and O–H groups in total. The number of hydrogen-bond acceptors (Lipinski definition) is 10. The molecule has 0 aromatic heterocycles. The van der Waals surface area contributed by atoms with Gasteiger partial charge in [-0.2, -0.15) is 0 Å². The Morgan fingerprint density at radius 3 is 0.547 bits per heavy atom. The molecule has 0 saturated carbocycles. The fourth-order valence-corrected chi connectivity index (χ4v) is 11.3. The van der Waals surface area contributed by atoms with Gasteiger partial charge < -0.3 is 47.7 Å². The summed E-state index contributed by atoms with van der Waals surface area (Å²) in [4.78, 5) is 0. The molecule has 0 rings (SSSR count). The Kier molecular flexibility index (Phi) is 56.3. The summed E-state index contributed by atoms with van der Waals surface area (Å²) in [5.41, 5.74) is 0. The Labute approximate surface area is 528 Å². The van der Waals surface area contributed by atoms with Crippen LogP contribution in [0, 0.1) is 82.9 Å². The monoisotopic (exact) mass is 1200 g/mol. The number of aliphatic hydroxyl groups excluding tert-OH is 1. The molecular weight excluding hydrogens is 1070 g/mol. The molecule has 0 aliphatic rings. The summed E-state index contributed by atoms with van der Waals surface area (Å²) in [6.45, 7) is 69.1. The van der Waals surface area contributed by atoms with Gasteiger partial charge in [0.15, 0.2) is 0 Å². The fourth-order valence-electron chi connectivity index (χ4n) is 11.3. The van der Waals surface area contributed by atoms with E-state index in [1.807, 2.05) is 0 Å². The van der Waals surface area contributed by atoms with Crippen molar-refractivity contribution >= 4 is 0 Å². The molecular formula is C76H128O10. The molecule has 0 amide bonds. The zero-order valence-electron chi connectivity index (χ0n) is 54.9. The summed E-state index contributed by atoms with van der Waals surface area (Å²) >= 11 is 0. The molecule has 0 bridgehead atoms. The van der Waals surface area contributed by atoms with Crippen molar-refractivity contribution in [1.29, 1.82) is 0 Å². The predicted octanol–water partition coefficient (Wildman–Crippen LogP) is 17.1. The normalized spacial score (nSPS) is 16.4. The van der Waals surface area contributed by atoms with Gasteiger partial charge in [-0.05, 0) is 173 Å². The maximum atomic E-state index is 8.66. The SMILES string of the molecule is C=CC(CCOCCOCCOCCOCCOCCOCCOCCOCCOCCO)CC(C=C)CC(C=C)CC(C=C)CC(C=C)CC(C=C)CC(C=C)CC(C=C)CC(C=C)CC(C=C)CC(C=C)CC(C=C)CC(C=C)CC(C)CC. The minimum absolute atomic E-state index is 0.0190. The minimum Gasteiger partial charge on any atom is -0.394 e. The first-order valence-electron chi connectivity index (χ1n) is 32.9. The molecule has 0 saturated heterocycles. The van der Waals surface area contributed by atoms with E-state index in [-0.39, 0.29) is 6.61 Å². The van der Waals surface area contributed by atoms with Crippen LogP contribution < -0.4 is 0 Å². The van der Waals surface area contributed by atoms with Crippen molar-refractivity contribution in [2.45, 2.75) is 110 Å². The molecule has 0 heterocycles. The summed E-state index contributed by atoms with van der Waals surface area (Å²) in [5, 5.41) is 8.66. The molecule has 0 aliphatic carbocycles. The third kappa shape index (κ3) is 44.6. The molecule has 10 heteroatoms. The topological polar surface area (TPSA) is 103 Å². The zero-order chi connectivity index (χ0) is 63.7. The number of ether oxygens (including phenoxy) is 9. The van der Waals surface area contributed by atoms with Crippen LogP contribution in [0.3, 0.4) is 0 Å². The van der Waals surface area contributed by atoms with Gasteiger partial charge in [0, 0.05) is 6.61 Å². The molecule has 0 fully saturated rings. The van der Waals surface area contributed by atoms with Gasteiger partial charge >= 0.3 is 0 Å². The molecule has 14 atom stereocenters. The summed E-state index contributed by atoms with van der Waals surface area (Å²) in [6, 6.07) is 0. The van der Waals surface area contributed by atoms with Crippen LogP contribution in [0.2, 0.25) is 0 Å². The van der Waals surface area contributed by atoms with Gasteiger partial charge in [-0.1, -0.05) is 99.3 Å². The Morgan fingerprint density at radius 1 is 0.233 bits per heavy atom. The Morgan fingerprint density at radius 2 is 0.384 bits per heavy atom. The van der Waals surface area contributed by atoms with Crippen LogP contribution in [0.25, 0.3) is 0 Å². The first-order chi connectivity index (χ1) is 41.9. The Hall–Kier alpha value is -3.78. The van der Waals surface area contributed by atoms with E-state index in [1.54, 1.807) is 0 Å². The van der Waals surface area contributed by atoms with Crippen LogP contribution in [-0.4, -0.2) is 131 Å². The minimum atomic E-state index is 0.0190. The van der Waals surface area contributed by atoms with E-state index in [0.717, 1.165) is 83.5 Å². The summed E-state index contributed by atoms with van der Waals surface area (Å²) in [6.07, 6.45) is 43.2. The van der Waals surface area contributed by atoms with Crippen molar-refractivity contribution in [3.63, 3.8) is 0 Å². The maximum absolute atomic E-state index is 8.66. The van der Waals surface area contributed by atoms with Crippen molar-refractivity contribution in [2.75, 3.05) is 126 Å². The van der Waals surface area contributed by atoms with E-state index in [4.69, 9.17) is 47.7 Å². The van der Waals surface area contributed by atoms with Crippen LogP contribution in [0.15, 0.2) is 165 Å². The summed E-state index contributed by atoms with van der Waals surface area (Å²) < 4.78 is 49.9. The molecule has 0 aromatic carbocycles. The molecule has 492 valence electrons.